The Balaban J connectivity index is 1.67. The lowest BCUT2D eigenvalue weighted by atomic mass is 10.2. The number of ether oxygens (including phenoxy) is 2. The molecule has 0 aromatic heterocycles. The summed E-state index contributed by atoms with van der Waals surface area (Å²) < 4.78 is 11.2. The van der Waals surface area contributed by atoms with Gasteiger partial charge in [-0.05, 0) is 53.6 Å². The van der Waals surface area contributed by atoms with Gasteiger partial charge in [-0.2, -0.15) is 5.10 Å². The lowest BCUT2D eigenvalue weighted by Crippen LogP contribution is -2.02. The number of aromatic carboxylic acids is 1. The second-order valence-electron chi connectivity index (χ2n) is 6.05. The highest BCUT2D eigenvalue weighted by atomic mass is 35.5. The van der Waals surface area contributed by atoms with Crippen molar-refractivity contribution in [3.8, 4) is 11.5 Å². The zero-order valence-electron chi connectivity index (χ0n) is 15.6. The molecule has 0 atom stereocenters. The summed E-state index contributed by atoms with van der Waals surface area (Å²) in [4.78, 5) is 11.2. The van der Waals surface area contributed by atoms with Gasteiger partial charge >= 0.3 is 5.97 Å². The third-order valence-electron chi connectivity index (χ3n) is 4.05. The zero-order valence-corrected chi connectivity index (χ0v) is 16.4. The van der Waals surface area contributed by atoms with Gasteiger partial charge < -0.3 is 14.6 Å². The minimum absolute atomic E-state index is 0.146. The van der Waals surface area contributed by atoms with Crippen LogP contribution in [0.2, 0.25) is 5.02 Å². The molecule has 0 heterocycles. The molecule has 7 heteroatoms. The number of para-hydroxylation sites is 1. The van der Waals surface area contributed by atoms with Gasteiger partial charge in [-0.25, -0.2) is 4.79 Å². The van der Waals surface area contributed by atoms with Crippen LogP contribution in [0.15, 0.2) is 71.8 Å². The maximum absolute atomic E-state index is 11.2. The van der Waals surface area contributed by atoms with E-state index in [1.165, 1.54) is 6.07 Å². The van der Waals surface area contributed by atoms with Crippen LogP contribution in [-0.4, -0.2) is 24.4 Å². The Morgan fingerprint density at radius 3 is 2.59 bits per heavy atom. The van der Waals surface area contributed by atoms with Crippen LogP contribution in [-0.2, 0) is 6.61 Å². The van der Waals surface area contributed by atoms with Crippen LogP contribution in [0.1, 0.15) is 21.5 Å². The monoisotopic (exact) mass is 410 g/mol. The van der Waals surface area contributed by atoms with Gasteiger partial charge in [0, 0.05) is 5.02 Å². The number of anilines is 1. The van der Waals surface area contributed by atoms with Crippen molar-refractivity contribution >= 4 is 29.5 Å². The van der Waals surface area contributed by atoms with Gasteiger partial charge in [-0.15, -0.1) is 0 Å². The van der Waals surface area contributed by atoms with E-state index in [1.807, 2.05) is 30.3 Å². The van der Waals surface area contributed by atoms with E-state index in [9.17, 15) is 9.90 Å². The van der Waals surface area contributed by atoms with Gasteiger partial charge in [0.2, 0.25) is 0 Å². The first-order chi connectivity index (χ1) is 14.1. The molecule has 0 spiro atoms. The molecule has 148 valence electrons. The first-order valence-electron chi connectivity index (χ1n) is 8.73. The number of carboxylic acid groups (broad SMARTS) is 1. The van der Waals surface area contributed by atoms with Crippen molar-refractivity contribution in [3.05, 3.63) is 88.4 Å². The molecular formula is C22H19ClN2O4. The maximum Gasteiger partial charge on any atom is 0.337 e. The van der Waals surface area contributed by atoms with Crippen LogP contribution >= 0.6 is 11.6 Å². The van der Waals surface area contributed by atoms with Crippen molar-refractivity contribution in [1.29, 1.82) is 0 Å². The lowest BCUT2D eigenvalue weighted by molar-refractivity contribution is 0.0698. The van der Waals surface area contributed by atoms with Crippen molar-refractivity contribution in [3.63, 3.8) is 0 Å². The average Bonchev–Trinajstić information content (AvgIpc) is 2.74. The second kappa shape index (κ2) is 9.61. The molecule has 0 saturated carbocycles. The number of carbonyl (C=O) groups is 1. The van der Waals surface area contributed by atoms with E-state index in [4.69, 9.17) is 21.1 Å². The first kappa shape index (κ1) is 20.2. The molecular weight excluding hydrogens is 392 g/mol. The Kier molecular flexibility index (Phi) is 6.71. The number of hydrogen-bond donors (Lipinski definition) is 2. The number of rotatable bonds is 8. The van der Waals surface area contributed by atoms with Crippen molar-refractivity contribution in [2.45, 2.75) is 6.61 Å². The highest BCUT2D eigenvalue weighted by molar-refractivity contribution is 6.30. The fourth-order valence-corrected chi connectivity index (χ4v) is 2.69. The standard InChI is InChI=1S/C22H19ClN2O4/c1-28-21-12-16(13-24-25-19-5-3-2-4-18(19)22(26)27)8-11-20(21)29-14-15-6-9-17(23)10-7-15/h2-13,25H,14H2,1H3,(H,26,27)/b24-13+. The van der Waals surface area contributed by atoms with E-state index in [-0.39, 0.29) is 5.56 Å². The minimum atomic E-state index is -1.02. The molecule has 3 rings (SSSR count). The van der Waals surface area contributed by atoms with E-state index in [0.29, 0.717) is 28.8 Å². The first-order valence-corrected chi connectivity index (χ1v) is 9.11. The number of hydrogen-bond acceptors (Lipinski definition) is 5. The van der Waals surface area contributed by atoms with Gasteiger partial charge in [-0.3, -0.25) is 5.43 Å². The van der Waals surface area contributed by atoms with Crippen molar-refractivity contribution in [2.24, 2.45) is 5.10 Å². The van der Waals surface area contributed by atoms with E-state index < -0.39 is 5.97 Å². The summed E-state index contributed by atoms with van der Waals surface area (Å²) in [5.41, 5.74) is 5.06. The van der Waals surface area contributed by atoms with Crippen molar-refractivity contribution in [1.82, 2.24) is 0 Å². The SMILES string of the molecule is COc1cc(/C=N/Nc2ccccc2C(=O)O)ccc1OCc1ccc(Cl)cc1. The fraction of sp³-hybridized carbons (Fsp3) is 0.0909. The van der Waals surface area contributed by atoms with Crippen LogP contribution in [0.5, 0.6) is 11.5 Å². The third-order valence-corrected chi connectivity index (χ3v) is 4.30. The molecule has 29 heavy (non-hydrogen) atoms. The number of methoxy groups -OCH3 is 1. The molecule has 6 nitrogen and oxygen atoms in total. The summed E-state index contributed by atoms with van der Waals surface area (Å²) in [6, 6.07) is 19.4. The Morgan fingerprint density at radius 1 is 1.10 bits per heavy atom. The fourth-order valence-electron chi connectivity index (χ4n) is 2.57. The Hall–Kier alpha value is -3.51. The molecule has 0 bridgehead atoms. The molecule has 0 aliphatic heterocycles. The molecule has 2 N–H and O–H groups in total. The number of benzene rings is 3. The summed E-state index contributed by atoms with van der Waals surface area (Å²) in [6.07, 6.45) is 1.57. The van der Waals surface area contributed by atoms with E-state index in [1.54, 1.807) is 43.7 Å². The Morgan fingerprint density at radius 2 is 1.86 bits per heavy atom. The molecule has 3 aromatic carbocycles. The van der Waals surface area contributed by atoms with Gasteiger partial charge in [0.05, 0.1) is 24.6 Å². The molecule has 0 unspecified atom stereocenters. The maximum atomic E-state index is 11.2. The summed E-state index contributed by atoms with van der Waals surface area (Å²) in [6.45, 7) is 0.383. The Bertz CT molecular complexity index is 1020. The molecule has 0 radical (unpaired) electrons. The molecule has 0 saturated heterocycles. The normalized spacial score (nSPS) is 10.7. The van der Waals surface area contributed by atoms with E-state index >= 15 is 0 Å². The van der Waals surface area contributed by atoms with Gasteiger partial charge in [0.15, 0.2) is 11.5 Å². The summed E-state index contributed by atoms with van der Waals surface area (Å²) in [5.74, 6) is 0.143. The third kappa shape index (κ3) is 5.49. The number of hydrazone groups is 1. The summed E-state index contributed by atoms with van der Waals surface area (Å²) in [5, 5.41) is 14.0. The molecule has 0 fully saturated rings. The van der Waals surface area contributed by atoms with Crippen LogP contribution in [0.4, 0.5) is 5.69 Å². The second-order valence-corrected chi connectivity index (χ2v) is 6.48. The number of nitrogens with zero attached hydrogens (tertiary/aromatic N) is 1. The van der Waals surface area contributed by atoms with E-state index in [2.05, 4.69) is 10.5 Å². The van der Waals surface area contributed by atoms with Crippen LogP contribution in [0, 0.1) is 0 Å². The van der Waals surface area contributed by atoms with Crippen LogP contribution in [0.25, 0.3) is 0 Å². The predicted octanol–water partition coefficient (Wildman–Crippen LogP) is 5.07. The highest BCUT2D eigenvalue weighted by Crippen LogP contribution is 2.28. The molecule has 3 aromatic rings. The number of halogens is 1. The molecule has 0 aliphatic rings. The smallest absolute Gasteiger partial charge is 0.337 e. The molecule has 0 amide bonds. The van der Waals surface area contributed by atoms with Crippen LogP contribution < -0.4 is 14.9 Å². The minimum Gasteiger partial charge on any atom is -0.493 e. The highest BCUT2D eigenvalue weighted by Gasteiger charge is 2.08. The largest absolute Gasteiger partial charge is 0.493 e. The number of nitrogens with one attached hydrogen (secondary N) is 1. The average molecular weight is 411 g/mol. The lowest BCUT2D eigenvalue weighted by Gasteiger charge is -2.11. The number of carboxylic acids is 1. The Labute approximate surface area is 173 Å². The summed E-state index contributed by atoms with van der Waals surface area (Å²) in [7, 11) is 1.56. The quantitative estimate of drug-likeness (QED) is 0.400. The van der Waals surface area contributed by atoms with Crippen LogP contribution in [0.3, 0.4) is 0 Å². The topological polar surface area (TPSA) is 80.2 Å². The van der Waals surface area contributed by atoms with Gasteiger partial charge in [0.1, 0.15) is 6.61 Å². The predicted molar refractivity (Wildman–Crippen MR) is 113 cm³/mol. The zero-order chi connectivity index (χ0) is 20.6. The summed E-state index contributed by atoms with van der Waals surface area (Å²) >= 11 is 5.89. The van der Waals surface area contributed by atoms with E-state index in [0.717, 1.165) is 11.1 Å². The van der Waals surface area contributed by atoms with Gasteiger partial charge in [-0.1, -0.05) is 35.9 Å². The van der Waals surface area contributed by atoms with Gasteiger partial charge in [0.25, 0.3) is 0 Å². The van der Waals surface area contributed by atoms with Crippen molar-refractivity contribution in [2.75, 3.05) is 12.5 Å². The van der Waals surface area contributed by atoms with Crippen molar-refractivity contribution < 1.29 is 19.4 Å². The molecule has 0 aliphatic carbocycles.